The second kappa shape index (κ2) is 6.04. The highest BCUT2D eigenvalue weighted by Gasteiger charge is 2.34. The Morgan fingerprint density at radius 1 is 1.55 bits per heavy atom. The van der Waals surface area contributed by atoms with Crippen molar-refractivity contribution >= 4 is 11.9 Å². The number of carbonyl (C=O) groups is 2. The summed E-state index contributed by atoms with van der Waals surface area (Å²) in [6.45, 7) is 4.52. The van der Waals surface area contributed by atoms with Crippen LogP contribution in [-0.4, -0.2) is 57.3 Å². The molecule has 0 saturated heterocycles. The van der Waals surface area contributed by atoms with Gasteiger partial charge in [-0.25, -0.2) is 0 Å². The van der Waals surface area contributed by atoms with Gasteiger partial charge in [-0.3, -0.25) is 19.6 Å². The Hall–Kier alpha value is -1.89. The van der Waals surface area contributed by atoms with Gasteiger partial charge in [-0.2, -0.15) is 5.10 Å². The van der Waals surface area contributed by atoms with E-state index in [9.17, 15) is 9.59 Å². The topological polar surface area (TPSA) is 98.3 Å². The van der Waals surface area contributed by atoms with Crippen molar-refractivity contribution in [1.82, 2.24) is 20.4 Å². The summed E-state index contributed by atoms with van der Waals surface area (Å²) in [6, 6.07) is 0.358. The first kappa shape index (κ1) is 14.5. The van der Waals surface area contributed by atoms with Crippen molar-refractivity contribution in [3.8, 4) is 0 Å². The molecule has 0 aromatic carbocycles. The molecule has 1 amide bonds. The van der Waals surface area contributed by atoms with Gasteiger partial charge in [0, 0.05) is 17.8 Å². The molecule has 1 heterocycles. The van der Waals surface area contributed by atoms with Gasteiger partial charge in [0.25, 0.3) is 5.91 Å². The smallest absolute Gasteiger partial charge is 0.317 e. The lowest BCUT2D eigenvalue weighted by molar-refractivity contribution is -0.139. The Balaban J connectivity index is 1.80. The van der Waals surface area contributed by atoms with E-state index in [1.165, 1.54) is 6.20 Å². The van der Waals surface area contributed by atoms with Crippen LogP contribution in [0.1, 0.15) is 35.8 Å². The SMILES string of the molecule is CCN(CC(=O)O)C1CC(NC(=O)c2cn[nH]c2C)C1. The van der Waals surface area contributed by atoms with E-state index in [-0.39, 0.29) is 24.5 Å². The molecule has 0 spiro atoms. The molecule has 1 fully saturated rings. The Morgan fingerprint density at radius 2 is 2.25 bits per heavy atom. The minimum Gasteiger partial charge on any atom is -0.480 e. The molecule has 1 aliphatic carbocycles. The maximum Gasteiger partial charge on any atom is 0.317 e. The molecule has 0 radical (unpaired) electrons. The molecule has 0 unspecified atom stereocenters. The summed E-state index contributed by atoms with van der Waals surface area (Å²) in [5.41, 5.74) is 1.31. The van der Waals surface area contributed by atoms with Crippen molar-refractivity contribution < 1.29 is 14.7 Å². The van der Waals surface area contributed by atoms with E-state index in [1.54, 1.807) is 6.92 Å². The predicted molar refractivity (Wildman–Crippen MR) is 72.5 cm³/mol. The number of H-pyrrole nitrogens is 1. The van der Waals surface area contributed by atoms with Crippen molar-refractivity contribution in [1.29, 1.82) is 0 Å². The molecule has 1 aliphatic rings. The van der Waals surface area contributed by atoms with Crippen LogP contribution in [0.2, 0.25) is 0 Å². The van der Waals surface area contributed by atoms with Gasteiger partial charge in [-0.05, 0) is 26.3 Å². The van der Waals surface area contributed by atoms with Crippen LogP contribution in [0.15, 0.2) is 6.20 Å². The van der Waals surface area contributed by atoms with E-state index in [1.807, 2.05) is 11.8 Å². The molecule has 3 N–H and O–H groups in total. The number of nitrogens with zero attached hydrogens (tertiary/aromatic N) is 2. The number of hydrogen-bond acceptors (Lipinski definition) is 4. The molecule has 0 bridgehead atoms. The number of aromatic amines is 1. The van der Waals surface area contributed by atoms with Crippen LogP contribution in [0.3, 0.4) is 0 Å². The summed E-state index contributed by atoms with van der Waals surface area (Å²) in [6.07, 6.45) is 3.11. The Kier molecular flexibility index (Phi) is 4.39. The zero-order valence-corrected chi connectivity index (χ0v) is 11.7. The van der Waals surface area contributed by atoms with E-state index in [0.29, 0.717) is 12.1 Å². The number of likely N-dealkylation sites (N-methyl/N-ethyl adjacent to an activating group) is 1. The number of nitrogens with one attached hydrogen (secondary N) is 2. The van der Waals surface area contributed by atoms with Gasteiger partial charge in [0.15, 0.2) is 0 Å². The molecule has 2 rings (SSSR count). The van der Waals surface area contributed by atoms with Crippen LogP contribution in [0.25, 0.3) is 0 Å². The number of aromatic nitrogens is 2. The molecular weight excluding hydrogens is 260 g/mol. The molecule has 1 saturated carbocycles. The van der Waals surface area contributed by atoms with Crippen LogP contribution in [0.4, 0.5) is 0 Å². The van der Waals surface area contributed by atoms with Gasteiger partial charge in [0.2, 0.25) is 0 Å². The van der Waals surface area contributed by atoms with Gasteiger partial charge in [0.1, 0.15) is 0 Å². The average molecular weight is 280 g/mol. The number of rotatable bonds is 6. The Morgan fingerprint density at radius 3 is 2.75 bits per heavy atom. The number of amides is 1. The van der Waals surface area contributed by atoms with Gasteiger partial charge < -0.3 is 10.4 Å². The maximum absolute atomic E-state index is 12.0. The molecule has 1 aromatic rings. The normalized spacial score (nSPS) is 21.6. The zero-order valence-electron chi connectivity index (χ0n) is 11.7. The van der Waals surface area contributed by atoms with Crippen molar-refractivity contribution in [3.63, 3.8) is 0 Å². The Bertz CT molecular complexity index is 494. The third-order valence-corrected chi connectivity index (χ3v) is 3.78. The summed E-state index contributed by atoms with van der Waals surface area (Å²) in [5, 5.41) is 18.3. The first-order valence-corrected chi connectivity index (χ1v) is 6.78. The lowest BCUT2D eigenvalue weighted by Gasteiger charge is -2.42. The minimum atomic E-state index is -0.812. The summed E-state index contributed by atoms with van der Waals surface area (Å²) in [4.78, 5) is 24.6. The second-order valence-electron chi connectivity index (χ2n) is 5.16. The molecule has 7 heteroatoms. The van der Waals surface area contributed by atoms with Crippen LogP contribution in [0.5, 0.6) is 0 Å². The predicted octanol–water partition coefficient (Wildman–Crippen LogP) is 0.385. The van der Waals surface area contributed by atoms with Gasteiger partial charge in [-0.1, -0.05) is 6.92 Å². The molecule has 7 nitrogen and oxygen atoms in total. The van der Waals surface area contributed by atoms with Gasteiger partial charge >= 0.3 is 5.97 Å². The minimum absolute atomic E-state index is 0.0582. The summed E-state index contributed by atoms with van der Waals surface area (Å²) < 4.78 is 0. The Labute approximate surface area is 117 Å². The second-order valence-corrected chi connectivity index (χ2v) is 5.16. The molecule has 20 heavy (non-hydrogen) atoms. The number of carboxylic acids is 1. The summed E-state index contributed by atoms with van der Waals surface area (Å²) >= 11 is 0. The fraction of sp³-hybridized carbons (Fsp3) is 0.615. The largest absolute Gasteiger partial charge is 0.480 e. The maximum atomic E-state index is 12.0. The quantitative estimate of drug-likeness (QED) is 0.700. The first-order valence-electron chi connectivity index (χ1n) is 6.78. The lowest BCUT2D eigenvalue weighted by atomic mass is 9.85. The highest BCUT2D eigenvalue weighted by atomic mass is 16.4. The fourth-order valence-corrected chi connectivity index (χ4v) is 2.52. The molecule has 1 aromatic heterocycles. The number of carboxylic acid groups (broad SMARTS) is 1. The zero-order chi connectivity index (χ0) is 14.7. The third kappa shape index (κ3) is 3.16. The first-order chi connectivity index (χ1) is 9.51. The van der Waals surface area contributed by atoms with Crippen molar-refractivity contribution in [2.45, 2.75) is 38.8 Å². The van der Waals surface area contributed by atoms with Gasteiger partial charge in [-0.15, -0.1) is 0 Å². The number of aliphatic carboxylic acids is 1. The van der Waals surface area contributed by atoms with E-state index in [0.717, 1.165) is 18.5 Å². The van der Waals surface area contributed by atoms with Crippen molar-refractivity contribution in [2.75, 3.05) is 13.1 Å². The van der Waals surface area contributed by atoms with Crippen LogP contribution in [0, 0.1) is 6.92 Å². The van der Waals surface area contributed by atoms with Crippen LogP contribution >= 0.6 is 0 Å². The van der Waals surface area contributed by atoms with Gasteiger partial charge in [0.05, 0.1) is 18.3 Å². The lowest BCUT2D eigenvalue weighted by Crippen LogP contribution is -2.54. The fourth-order valence-electron chi connectivity index (χ4n) is 2.52. The van der Waals surface area contributed by atoms with Crippen LogP contribution < -0.4 is 5.32 Å². The van der Waals surface area contributed by atoms with E-state index >= 15 is 0 Å². The number of aryl methyl sites for hydroxylation is 1. The molecule has 0 aliphatic heterocycles. The molecular formula is C13H20N4O3. The highest BCUT2D eigenvalue weighted by Crippen LogP contribution is 2.25. The third-order valence-electron chi connectivity index (χ3n) is 3.78. The summed E-state index contributed by atoms with van der Waals surface area (Å²) in [5.74, 6) is -0.936. The standard InChI is InChI=1S/C13H20N4O3/c1-3-17(7-12(18)19)10-4-9(5-10)15-13(20)11-6-14-16-8(11)2/h6,9-10H,3-5,7H2,1-2H3,(H,14,16)(H,15,20)(H,18,19). The molecule has 110 valence electrons. The average Bonchev–Trinajstić information content (AvgIpc) is 2.76. The van der Waals surface area contributed by atoms with Crippen molar-refractivity contribution in [3.05, 3.63) is 17.5 Å². The number of carbonyl (C=O) groups excluding carboxylic acids is 1. The monoisotopic (exact) mass is 280 g/mol. The van der Waals surface area contributed by atoms with Crippen LogP contribution in [-0.2, 0) is 4.79 Å². The van der Waals surface area contributed by atoms with E-state index < -0.39 is 5.97 Å². The number of hydrogen-bond donors (Lipinski definition) is 3. The highest BCUT2D eigenvalue weighted by molar-refractivity contribution is 5.95. The molecule has 0 atom stereocenters. The van der Waals surface area contributed by atoms with Crippen molar-refractivity contribution in [2.24, 2.45) is 0 Å². The van der Waals surface area contributed by atoms with E-state index in [2.05, 4.69) is 15.5 Å². The summed E-state index contributed by atoms with van der Waals surface area (Å²) in [7, 11) is 0. The van der Waals surface area contributed by atoms with E-state index in [4.69, 9.17) is 5.11 Å².